The van der Waals surface area contributed by atoms with E-state index in [2.05, 4.69) is 37.5 Å². The number of rotatable bonds is 10. The highest BCUT2D eigenvalue weighted by Gasteiger charge is 2.32. The minimum Gasteiger partial charge on any atom is -0.368 e. The van der Waals surface area contributed by atoms with Gasteiger partial charge in [-0.2, -0.15) is 11.8 Å². The van der Waals surface area contributed by atoms with Gasteiger partial charge in [-0.15, -0.1) is 0 Å². The number of nitrogens with zero attached hydrogens (tertiary/aromatic N) is 4. The van der Waals surface area contributed by atoms with Crippen LogP contribution in [0, 0.1) is 6.92 Å². The molecule has 0 saturated heterocycles. The molecule has 4 rings (SSSR count). The van der Waals surface area contributed by atoms with E-state index in [1.807, 2.05) is 43.5 Å². The zero-order chi connectivity index (χ0) is 26.4. The Labute approximate surface area is 218 Å². The molecule has 0 aliphatic heterocycles. The van der Waals surface area contributed by atoms with Crippen LogP contribution in [0.4, 0.5) is 14.6 Å². The van der Waals surface area contributed by atoms with Crippen molar-refractivity contribution in [2.24, 2.45) is 0 Å². The molecular weight excluding hydrogens is 494 g/mol. The Balaban J connectivity index is 1.65. The standard InChI is InChI=1S/C27H28F2N6OS/c1-4-27(37-3,15-33-24-12-22(34-16-35-24)18-9-8-17(2)31-13-18)21-7-5-6-19-20(10-11-30-25(19)21)26(36)32-14-23(28)29/h5-13,16,23H,4,14-15H2,1-3H3,(H,32,36)(H,33,34,35). The van der Waals surface area contributed by atoms with Gasteiger partial charge in [0.2, 0.25) is 0 Å². The minimum atomic E-state index is -2.62. The molecule has 0 bridgehead atoms. The van der Waals surface area contributed by atoms with Crippen LogP contribution in [-0.4, -0.2) is 51.6 Å². The van der Waals surface area contributed by atoms with Crippen molar-refractivity contribution in [3.8, 4) is 11.3 Å². The second-order valence-corrected chi connectivity index (χ2v) is 9.73. The molecule has 1 aromatic carbocycles. The number of nitrogens with one attached hydrogen (secondary N) is 2. The van der Waals surface area contributed by atoms with Crippen LogP contribution in [0.2, 0.25) is 0 Å². The van der Waals surface area contributed by atoms with Crippen LogP contribution in [-0.2, 0) is 4.75 Å². The summed E-state index contributed by atoms with van der Waals surface area (Å²) in [6, 6.07) is 13.0. The Bertz CT molecular complexity index is 1380. The Kier molecular flexibility index (Phi) is 8.27. The molecule has 7 nitrogen and oxygen atoms in total. The third-order valence-electron chi connectivity index (χ3n) is 6.31. The van der Waals surface area contributed by atoms with Crippen LogP contribution in [0.5, 0.6) is 0 Å². The lowest BCUT2D eigenvalue weighted by molar-refractivity contribution is 0.0893. The molecule has 0 radical (unpaired) electrons. The molecule has 192 valence electrons. The number of carbonyl (C=O) groups is 1. The molecule has 1 atom stereocenters. The lowest BCUT2D eigenvalue weighted by Gasteiger charge is -2.33. The van der Waals surface area contributed by atoms with Gasteiger partial charge in [0, 0.05) is 41.6 Å². The number of aryl methyl sites for hydroxylation is 1. The van der Waals surface area contributed by atoms with Gasteiger partial charge in [0.05, 0.1) is 28.1 Å². The van der Waals surface area contributed by atoms with E-state index in [4.69, 9.17) is 0 Å². The van der Waals surface area contributed by atoms with Gasteiger partial charge in [-0.25, -0.2) is 18.7 Å². The lowest BCUT2D eigenvalue weighted by Crippen LogP contribution is -2.31. The highest BCUT2D eigenvalue weighted by atomic mass is 32.2. The second kappa shape index (κ2) is 11.6. The maximum atomic E-state index is 12.6. The van der Waals surface area contributed by atoms with Gasteiger partial charge in [0.15, 0.2) is 0 Å². The van der Waals surface area contributed by atoms with Crippen molar-refractivity contribution in [2.75, 3.05) is 24.7 Å². The van der Waals surface area contributed by atoms with E-state index in [1.165, 1.54) is 6.33 Å². The summed E-state index contributed by atoms with van der Waals surface area (Å²) < 4.78 is 24.9. The Morgan fingerprint density at radius 3 is 2.65 bits per heavy atom. The first-order chi connectivity index (χ1) is 17.9. The van der Waals surface area contributed by atoms with Gasteiger partial charge < -0.3 is 10.6 Å². The Morgan fingerprint density at radius 2 is 1.95 bits per heavy atom. The largest absolute Gasteiger partial charge is 0.368 e. The monoisotopic (exact) mass is 522 g/mol. The van der Waals surface area contributed by atoms with Crippen molar-refractivity contribution in [3.05, 3.63) is 78.0 Å². The number of alkyl halides is 2. The average Bonchev–Trinajstić information content (AvgIpc) is 2.93. The van der Waals surface area contributed by atoms with Gasteiger partial charge in [0.1, 0.15) is 12.1 Å². The maximum absolute atomic E-state index is 12.6. The summed E-state index contributed by atoms with van der Waals surface area (Å²) in [4.78, 5) is 30.4. The highest BCUT2D eigenvalue weighted by Crippen LogP contribution is 2.41. The molecule has 0 fully saturated rings. The van der Waals surface area contributed by atoms with E-state index in [0.717, 1.165) is 28.9 Å². The molecule has 1 unspecified atom stereocenters. The third kappa shape index (κ3) is 5.85. The molecule has 3 aromatic heterocycles. The number of fused-ring (bicyclic) bond motifs is 1. The molecule has 0 spiro atoms. The summed E-state index contributed by atoms with van der Waals surface area (Å²) in [6.07, 6.45) is 5.04. The van der Waals surface area contributed by atoms with E-state index >= 15 is 0 Å². The van der Waals surface area contributed by atoms with Crippen LogP contribution in [0.15, 0.2) is 61.2 Å². The van der Waals surface area contributed by atoms with Crippen LogP contribution >= 0.6 is 11.8 Å². The van der Waals surface area contributed by atoms with Gasteiger partial charge in [-0.1, -0.05) is 25.1 Å². The second-order valence-electron chi connectivity index (χ2n) is 8.54. The van der Waals surface area contributed by atoms with Gasteiger partial charge in [-0.3, -0.25) is 14.8 Å². The molecule has 10 heteroatoms. The minimum absolute atomic E-state index is 0.318. The summed E-state index contributed by atoms with van der Waals surface area (Å²) in [7, 11) is 0. The zero-order valence-corrected chi connectivity index (χ0v) is 21.6. The molecule has 3 heterocycles. The number of hydrogen-bond acceptors (Lipinski definition) is 7. The summed E-state index contributed by atoms with van der Waals surface area (Å²) in [6.45, 7) is 3.87. The normalized spacial score (nSPS) is 12.9. The van der Waals surface area contributed by atoms with Crippen molar-refractivity contribution < 1.29 is 13.6 Å². The fourth-order valence-electron chi connectivity index (χ4n) is 4.21. The van der Waals surface area contributed by atoms with E-state index in [9.17, 15) is 13.6 Å². The fourth-order valence-corrected chi connectivity index (χ4v) is 5.10. The number of hydrogen-bond donors (Lipinski definition) is 2. The van der Waals surface area contributed by atoms with Gasteiger partial charge in [0.25, 0.3) is 12.3 Å². The van der Waals surface area contributed by atoms with Gasteiger partial charge >= 0.3 is 0 Å². The fraction of sp³-hybridized carbons (Fsp3) is 0.296. The topological polar surface area (TPSA) is 92.7 Å². The predicted octanol–water partition coefficient (Wildman–Crippen LogP) is 5.47. The third-order valence-corrected chi connectivity index (χ3v) is 7.75. The molecule has 4 aromatic rings. The highest BCUT2D eigenvalue weighted by molar-refractivity contribution is 7.99. The summed E-state index contributed by atoms with van der Waals surface area (Å²) in [5, 5.41) is 6.37. The molecule has 2 N–H and O–H groups in total. The van der Waals surface area contributed by atoms with Crippen LogP contribution in [0.25, 0.3) is 22.2 Å². The quantitative estimate of drug-likeness (QED) is 0.285. The van der Waals surface area contributed by atoms with Crippen LogP contribution < -0.4 is 10.6 Å². The summed E-state index contributed by atoms with van der Waals surface area (Å²) >= 11 is 1.68. The predicted molar refractivity (Wildman–Crippen MR) is 144 cm³/mol. The van der Waals surface area contributed by atoms with Crippen molar-refractivity contribution in [3.63, 3.8) is 0 Å². The van der Waals surface area contributed by atoms with Crippen LogP contribution in [0.1, 0.15) is 35.0 Å². The summed E-state index contributed by atoms with van der Waals surface area (Å²) in [5.41, 5.74) is 4.54. The molecule has 0 saturated carbocycles. The van der Waals surface area contributed by atoms with E-state index < -0.39 is 23.6 Å². The SMILES string of the molecule is CCC(CNc1cc(-c2ccc(C)nc2)ncn1)(SC)c1cccc2c(C(=O)NCC(F)F)ccnc12. The van der Waals surface area contributed by atoms with Crippen molar-refractivity contribution in [2.45, 2.75) is 31.4 Å². The van der Waals surface area contributed by atoms with E-state index in [1.54, 1.807) is 36.3 Å². The Hall–Kier alpha value is -3.66. The number of carbonyl (C=O) groups excluding carboxylic acids is 1. The van der Waals surface area contributed by atoms with Crippen molar-refractivity contribution in [1.29, 1.82) is 0 Å². The molecule has 37 heavy (non-hydrogen) atoms. The Morgan fingerprint density at radius 1 is 1.11 bits per heavy atom. The molecule has 0 aliphatic rings. The zero-order valence-electron chi connectivity index (χ0n) is 20.8. The van der Waals surface area contributed by atoms with E-state index in [-0.39, 0.29) is 0 Å². The first-order valence-corrected chi connectivity index (χ1v) is 13.1. The molecule has 1 amide bonds. The number of halogens is 2. The van der Waals surface area contributed by atoms with Crippen LogP contribution in [0.3, 0.4) is 0 Å². The first-order valence-electron chi connectivity index (χ1n) is 11.9. The number of para-hydroxylation sites is 1. The summed E-state index contributed by atoms with van der Waals surface area (Å²) in [5.74, 6) is 0.131. The van der Waals surface area contributed by atoms with Gasteiger partial charge in [-0.05, 0) is 43.4 Å². The maximum Gasteiger partial charge on any atom is 0.255 e. The number of aromatic nitrogens is 4. The van der Waals surface area contributed by atoms with E-state index in [0.29, 0.717) is 28.8 Å². The number of pyridine rings is 2. The number of benzene rings is 1. The average molecular weight is 523 g/mol. The first kappa shape index (κ1) is 26.4. The lowest BCUT2D eigenvalue weighted by atomic mass is 9.91. The smallest absolute Gasteiger partial charge is 0.255 e. The number of thioether (sulfide) groups is 1. The number of amides is 1. The molecular formula is C27H28F2N6OS. The van der Waals surface area contributed by atoms with Crippen molar-refractivity contribution >= 4 is 34.4 Å². The molecule has 0 aliphatic carbocycles. The number of anilines is 1. The van der Waals surface area contributed by atoms with Crippen molar-refractivity contribution in [1.82, 2.24) is 25.3 Å².